The molecule has 4 aliphatic rings. The number of carbonyl (C=O) groups is 1. The number of aliphatic hydroxyl groups excluding tert-OH is 1. The van der Waals surface area contributed by atoms with Crippen LogP contribution in [0.3, 0.4) is 0 Å². The first-order valence-corrected chi connectivity index (χ1v) is 9.84. The minimum absolute atomic E-state index is 0.0683. The summed E-state index contributed by atoms with van der Waals surface area (Å²) in [7, 11) is 0. The lowest BCUT2D eigenvalue weighted by atomic mass is 9.45. The van der Waals surface area contributed by atoms with Crippen LogP contribution in [0.4, 0.5) is 0 Å². The Morgan fingerprint density at radius 2 is 1.85 bits per heavy atom. The highest BCUT2D eigenvalue weighted by Gasteiger charge is 2.66. The quantitative estimate of drug-likeness (QED) is 0.551. The Morgan fingerprint density at radius 1 is 1.15 bits per heavy atom. The highest BCUT2D eigenvalue weighted by atomic mass is 16.6. The standard InChI is InChI=1S/C20H29NO5/c1-18-8-7-14(22)17(21(25)26)13(18)5-4-11-12-6-9-20(3,24)19(12,2)10-15(23)16(11)18/h11-12,15-16,23-24H,4-10H2,1-3H3/t11?,12?,15-,16?,18?,19?,20+/m1/s1. The smallest absolute Gasteiger partial charge is 0.311 e. The summed E-state index contributed by atoms with van der Waals surface area (Å²) in [5, 5.41) is 33.7. The van der Waals surface area contributed by atoms with Crippen LogP contribution < -0.4 is 0 Å². The predicted molar refractivity (Wildman–Crippen MR) is 94.7 cm³/mol. The average molecular weight is 363 g/mol. The number of nitro groups is 1. The molecule has 3 fully saturated rings. The van der Waals surface area contributed by atoms with E-state index in [-0.39, 0.29) is 35.2 Å². The van der Waals surface area contributed by atoms with Gasteiger partial charge in [-0.15, -0.1) is 0 Å². The molecular weight excluding hydrogens is 334 g/mol. The lowest BCUT2D eigenvalue weighted by Gasteiger charge is -2.60. The fourth-order valence-electron chi connectivity index (χ4n) is 7.25. The number of hydrogen-bond acceptors (Lipinski definition) is 5. The molecule has 144 valence electrons. The number of Topliss-reactive ketones (excluding diaryl/α,β-unsaturated/α-hetero) is 1. The third kappa shape index (κ3) is 2.09. The summed E-state index contributed by atoms with van der Waals surface area (Å²) < 4.78 is 0. The van der Waals surface area contributed by atoms with Crippen molar-refractivity contribution in [2.45, 2.75) is 77.4 Å². The summed E-state index contributed by atoms with van der Waals surface area (Å²) in [6, 6.07) is 0. The van der Waals surface area contributed by atoms with Gasteiger partial charge in [-0.25, -0.2) is 0 Å². The molecule has 3 saturated carbocycles. The zero-order valence-corrected chi connectivity index (χ0v) is 15.8. The van der Waals surface area contributed by atoms with Crippen molar-refractivity contribution in [2.24, 2.45) is 28.6 Å². The van der Waals surface area contributed by atoms with E-state index in [1.54, 1.807) is 0 Å². The molecule has 0 aromatic rings. The van der Waals surface area contributed by atoms with Crippen LogP contribution in [-0.2, 0) is 4.79 Å². The number of nitrogens with zero attached hydrogens (tertiary/aromatic N) is 1. The van der Waals surface area contributed by atoms with Gasteiger partial charge in [0.15, 0.2) is 0 Å². The molecule has 2 N–H and O–H groups in total. The first-order chi connectivity index (χ1) is 12.0. The van der Waals surface area contributed by atoms with Crippen LogP contribution in [0.2, 0.25) is 0 Å². The van der Waals surface area contributed by atoms with Gasteiger partial charge < -0.3 is 10.2 Å². The van der Waals surface area contributed by atoms with Gasteiger partial charge in [-0.2, -0.15) is 0 Å². The van der Waals surface area contributed by atoms with Gasteiger partial charge in [-0.3, -0.25) is 14.9 Å². The Morgan fingerprint density at radius 3 is 2.50 bits per heavy atom. The number of rotatable bonds is 1. The van der Waals surface area contributed by atoms with E-state index < -0.39 is 22.0 Å². The van der Waals surface area contributed by atoms with Crippen molar-refractivity contribution in [3.63, 3.8) is 0 Å². The van der Waals surface area contributed by atoms with E-state index in [1.165, 1.54) is 0 Å². The highest BCUT2D eigenvalue weighted by Crippen LogP contribution is 2.67. The molecule has 0 aromatic carbocycles. The van der Waals surface area contributed by atoms with Gasteiger partial charge in [-0.1, -0.05) is 13.8 Å². The number of aliphatic hydroxyl groups is 2. The van der Waals surface area contributed by atoms with Crippen molar-refractivity contribution in [2.75, 3.05) is 0 Å². The van der Waals surface area contributed by atoms with Crippen LogP contribution >= 0.6 is 0 Å². The molecule has 26 heavy (non-hydrogen) atoms. The maximum Gasteiger partial charge on any atom is 0.311 e. The van der Waals surface area contributed by atoms with E-state index in [9.17, 15) is 25.1 Å². The maximum atomic E-state index is 12.2. The van der Waals surface area contributed by atoms with Crippen LogP contribution in [0, 0.1) is 38.7 Å². The molecule has 0 radical (unpaired) electrons. The van der Waals surface area contributed by atoms with Crippen molar-refractivity contribution in [1.29, 1.82) is 0 Å². The Labute approximate surface area is 153 Å². The van der Waals surface area contributed by atoms with Gasteiger partial charge in [0, 0.05) is 22.8 Å². The van der Waals surface area contributed by atoms with Crippen LogP contribution in [0.25, 0.3) is 0 Å². The molecule has 5 unspecified atom stereocenters. The number of fused-ring (bicyclic) bond motifs is 5. The second-order valence-electron chi connectivity index (χ2n) is 9.76. The SMILES string of the molecule is CC12CCC(=O)C([N+](=O)[O-])=C1CCC1C2[C@H](O)CC2(C)C1CC[C@]2(C)O. The van der Waals surface area contributed by atoms with E-state index in [4.69, 9.17) is 0 Å². The molecule has 0 heterocycles. The Balaban J connectivity index is 1.80. The molecule has 0 bridgehead atoms. The predicted octanol–water partition coefficient (Wildman–Crippen LogP) is 2.84. The van der Waals surface area contributed by atoms with E-state index in [0.29, 0.717) is 30.8 Å². The summed E-state index contributed by atoms with van der Waals surface area (Å²) >= 11 is 0. The van der Waals surface area contributed by atoms with Crippen LogP contribution in [0.15, 0.2) is 11.3 Å². The van der Waals surface area contributed by atoms with Crippen LogP contribution in [0.1, 0.15) is 65.7 Å². The van der Waals surface area contributed by atoms with Crippen molar-refractivity contribution in [3.05, 3.63) is 21.4 Å². The molecule has 4 aliphatic carbocycles. The average Bonchev–Trinajstić information content (AvgIpc) is 2.77. The van der Waals surface area contributed by atoms with E-state index in [0.717, 1.165) is 19.3 Å². The first-order valence-electron chi connectivity index (χ1n) is 9.84. The molecule has 6 heteroatoms. The summed E-state index contributed by atoms with van der Waals surface area (Å²) in [4.78, 5) is 23.2. The van der Waals surface area contributed by atoms with Crippen molar-refractivity contribution >= 4 is 5.78 Å². The monoisotopic (exact) mass is 363 g/mol. The van der Waals surface area contributed by atoms with Gasteiger partial charge in [0.05, 0.1) is 16.6 Å². The Hall–Kier alpha value is -1.27. The molecular formula is C20H29NO5. The van der Waals surface area contributed by atoms with E-state index in [2.05, 4.69) is 6.92 Å². The maximum absolute atomic E-state index is 12.2. The minimum atomic E-state index is -0.783. The van der Waals surface area contributed by atoms with Gasteiger partial charge in [-0.05, 0) is 63.2 Å². The fraction of sp³-hybridized carbons (Fsp3) is 0.850. The van der Waals surface area contributed by atoms with Crippen LogP contribution in [-0.4, -0.2) is 32.6 Å². The molecule has 0 amide bonds. The van der Waals surface area contributed by atoms with Gasteiger partial charge in [0.2, 0.25) is 5.78 Å². The van der Waals surface area contributed by atoms with E-state index in [1.807, 2.05) is 13.8 Å². The topological polar surface area (TPSA) is 101 Å². The van der Waals surface area contributed by atoms with Gasteiger partial charge in [0.25, 0.3) is 0 Å². The van der Waals surface area contributed by atoms with Crippen LogP contribution in [0.5, 0.6) is 0 Å². The summed E-state index contributed by atoms with van der Waals surface area (Å²) in [5.74, 6) is 0.134. The Bertz CT molecular complexity index is 713. The zero-order chi connectivity index (χ0) is 19.1. The van der Waals surface area contributed by atoms with Crippen molar-refractivity contribution < 1.29 is 19.9 Å². The molecule has 6 nitrogen and oxygen atoms in total. The number of hydrogen-bond donors (Lipinski definition) is 2. The molecule has 0 aromatic heterocycles. The van der Waals surface area contributed by atoms with Gasteiger partial charge in [0.1, 0.15) is 0 Å². The molecule has 4 rings (SSSR count). The normalized spacial score (nSPS) is 50.9. The Kier molecular flexibility index (Phi) is 3.75. The zero-order valence-electron chi connectivity index (χ0n) is 15.8. The number of ketones is 1. The summed E-state index contributed by atoms with van der Waals surface area (Å²) in [6.45, 7) is 6.01. The van der Waals surface area contributed by atoms with Crippen molar-refractivity contribution in [3.8, 4) is 0 Å². The second kappa shape index (κ2) is 5.38. The van der Waals surface area contributed by atoms with Gasteiger partial charge >= 0.3 is 5.70 Å². The first kappa shape index (κ1) is 18.1. The summed E-state index contributed by atoms with van der Waals surface area (Å²) in [5.41, 5.74) is -1.14. The lowest BCUT2D eigenvalue weighted by molar-refractivity contribution is -0.422. The number of allylic oxidation sites excluding steroid dienone is 1. The lowest BCUT2D eigenvalue weighted by Crippen LogP contribution is -2.59. The molecule has 7 atom stereocenters. The van der Waals surface area contributed by atoms with Crippen molar-refractivity contribution in [1.82, 2.24) is 0 Å². The second-order valence-corrected chi connectivity index (χ2v) is 9.76. The fourth-order valence-corrected chi connectivity index (χ4v) is 7.25. The largest absolute Gasteiger partial charge is 0.393 e. The minimum Gasteiger partial charge on any atom is -0.393 e. The summed E-state index contributed by atoms with van der Waals surface area (Å²) in [6.07, 6.45) is 3.68. The third-order valence-corrected chi connectivity index (χ3v) is 8.77. The molecule has 0 spiro atoms. The van der Waals surface area contributed by atoms with E-state index >= 15 is 0 Å². The number of carbonyl (C=O) groups excluding carboxylic acids is 1. The third-order valence-electron chi connectivity index (χ3n) is 8.77. The highest BCUT2D eigenvalue weighted by molar-refractivity contribution is 5.95. The molecule has 0 aliphatic heterocycles. The molecule has 0 saturated heterocycles.